The van der Waals surface area contributed by atoms with Crippen molar-refractivity contribution in [3.63, 3.8) is 0 Å². The van der Waals surface area contributed by atoms with Gasteiger partial charge in [-0.15, -0.1) is 0 Å². The van der Waals surface area contributed by atoms with E-state index in [9.17, 15) is 9.59 Å². The van der Waals surface area contributed by atoms with E-state index in [0.717, 1.165) is 17.3 Å². The highest BCUT2D eigenvalue weighted by molar-refractivity contribution is 8.18. The molecule has 0 atom stereocenters. The lowest BCUT2D eigenvalue weighted by molar-refractivity contribution is -0.115. The molecule has 1 saturated heterocycles. The van der Waals surface area contributed by atoms with Crippen molar-refractivity contribution < 1.29 is 19.1 Å². The Hall–Kier alpha value is -2.77. The van der Waals surface area contributed by atoms with Crippen LogP contribution in [0.1, 0.15) is 15.9 Å². The van der Waals surface area contributed by atoms with Crippen LogP contribution in [0.25, 0.3) is 6.08 Å². The molecular weight excluding hydrogens is 376 g/mol. The molecule has 1 N–H and O–H groups in total. The van der Waals surface area contributed by atoms with Gasteiger partial charge in [0.1, 0.15) is 0 Å². The molecule has 1 fully saturated rings. The molecule has 0 spiro atoms. The fourth-order valence-electron chi connectivity index (χ4n) is 2.42. The maximum atomic E-state index is 12.2. The van der Waals surface area contributed by atoms with Gasteiger partial charge in [-0.25, -0.2) is 0 Å². The van der Waals surface area contributed by atoms with Crippen LogP contribution < -0.4 is 14.8 Å². The van der Waals surface area contributed by atoms with Crippen molar-refractivity contribution >= 4 is 46.4 Å². The second kappa shape index (κ2) is 6.86. The molecule has 0 saturated carbocycles. The zero-order valence-electron chi connectivity index (χ0n) is 13.2. The van der Waals surface area contributed by atoms with Crippen LogP contribution in [-0.4, -0.2) is 23.8 Å². The minimum atomic E-state index is -0.511. The zero-order valence-corrected chi connectivity index (χ0v) is 14.8. The Morgan fingerprint density at radius 2 is 2.00 bits per heavy atom. The fraction of sp³-hybridized carbons (Fsp3) is 0.0556. The predicted octanol–water partition coefficient (Wildman–Crippen LogP) is 3.47. The molecule has 2 aromatic rings. The van der Waals surface area contributed by atoms with E-state index in [1.807, 2.05) is 6.07 Å². The number of rotatable bonds is 2. The van der Waals surface area contributed by atoms with Crippen LogP contribution in [-0.2, 0) is 4.79 Å². The second-order valence-corrected chi connectivity index (χ2v) is 6.82. The third-order valence-corrected chi connectivity index (χ3v) is 4.89. The first-order valence-electron chi connectivity index (χ1n) is 7.58. The van der Waals surface area contributed by atoms with E-state index in [1.165, 1.54) is 0 Å². The lowest BCUT2D eigenvalue weighted by Crippen LogP contribution is -2.20. The van der Waals surface area contributed by atoms with Crippen LogP contribution in [0.5, 0.6) is 11.5 Å². The van der Waals surface area contributed by atoms with Crippen LogP contribution in [0, 0.1) is 0 Å². The molecule has 0 aliphatic carbocycles. The minimum Gasteiger partial charge on any atom is -0.454 e. The molecule has 0 aromatic heterocycles. The molecule has 0 unspecified atom stereocenters. The summed E-state index contributed by atoms with van der Waals surface area (Å²) in [6, 6.07) is 12.0. The van der Waals surface area contributed by atoms with E-state index in [0.29, 0.717) is 21.4 Å². The summed E-state index contributed by atoms with van der Waals surface area (Å²) in [4.78, 5) is 28.7. The summed E-state index contributed by atoms with van der Waals surface area (Å²) in [5.41, 5.74) is 1.07. The number of amidine groups is 1. The first-order valence-corrected chi connectivity index (χ1v) is 8.78. The first-order chi connectivity index (χ1) is 12.6. The summed E-state index contributed by atoms with van der Waals surface area (Å²) in [7, 11) is 0. The number of thioether (sulfide) groups is 1. The Kier molecular flexibility index (Phi) is 4.40. The van der Waals surface area contributed by atoms with Crippen molar-refractivity contribution in [3.8, 4) is 11.5 Å². The van der Waals surface area contributed by atoms with E-state index < -0.39 is 5.91 Å². The van der Waals surface area contributed by atoms with Crippen LogP contribution in [0.3, 0.4) is 0 Å². The second-order valence-electron chi connectivity index (χ2n) is 5.38. The summed E-state index contributed by atoms with van der Waals surface area (Å²) in [5, 5.41) is 3.11. The van der Waals surface area contributed by atoms with Gasteiger partial charge in [-0.3, -0.25) is 9.59 Å². The number of hydrogen-bond donors (Lipinski definition) is 1. The molecule has 2 aliphatic heterocycles. The number of hydrogen-bond acceptors (Lipinski definition) is 5. The summed E-state index contributed by atoms with van der Waals surface area (Å²) in [5.74, 6) is 0.468. The zero-order chi connectivity index (χ0) is 18.1. The van der Waals surface area contributed by atoms with E-state index in [4.69, 9.17) is 21.1 Å². The summed E-state index contributed by atoms with van der Waals surface area (Å²) in [6.07, 6.45) is 1.70. The topological polar surface area (TPSA) is 77.0 Å². The van der Waals surface area contributed by atoms with E-state index in [1.54, 1.807) is 42.5 Å². The number of aliphatic imine (C=N–C) groups is 1. The molecule has 6 nitrogen and oxygen atoms in total. The molecule has 2 heterocycles. The van der Waals surface area contributed by atoms with Crippen LogP contribution in [0.2, 0.25) is 5.02 Å². The summed E-state index contributed by atoms with van der Waals surface area (Å²) >= 11 is 7.09. The molecule has 26 heavy (non-hydrogen) atoms. The smallest absolute Gasteiger partial charge is 0.280 e. The van der Waals surface area contributed by atoms with E-state index in [-0.39, 0.29) is 23.4 Å². The average Bonchev–Trinajstić information content (AvgIpc) is 3.21. The maximum Gasteiger partial charge on any atom is 0.280 e. The Morgan fingerprint density at radius 1 is 1.19 bits per heavy atom. The SMILES string of the molecule is O=C1NC(=NC(=O)c2ccccc2Cl)SC1=Cc1ccc2c(c1)OCO2. The van der Waals surface area contributed by atoms with E-state index >= 15 is 0 Å². The normalized spacial score (nSPS) is 18.4. The van der Waals surface area contributed by atoms with Gasteiger partial charge in [0, 0.05) is 0 Å². The number of halogens is 1. The van der Waals surface area contributed by atoms with Gasteiger partial charge in [0.05, 0.1) is 15.5 Å². The highest BCUT2D eigenvalue weighted by Crippen LogP contribution is 2.34. The molecule has 8 heteroatoms. The Labute approximate surface area is 157 Å². The molecule has 0 bridgehead atoms. The Morgan fingerprint density at radius 3 is 2.85 bits per heavy atom. The van der Waals surface area contributed by atoms with Gasteiger partial charge >= 0.3 is 0 Å². The number of nitrogens with one attached hydrogen (secondary N) is 1. The number of fused-ring (bicyclic) bond motifs is 1. The number of nitrogens with zero attached hydrogens (tertiary/aromatic N) is 1. The van der Waals surface area contributed by atoms with Crippen LogP contribution >= 0.6 is 23.4 Å². The highest BCUT2D eigenvalue weighted by atomic mass is 35.5. The highest BCUT2D eigenvalue weighted by Gasteiger charge is 2.25. The fourth-order valence-corrected chi connectivity index (χ4v) is 3.46. The lowest BCUT2D eigenvalue weighted by atomic mass is 10.2. The van der Waals surface area contributed by atoms with Gasteiger partial charge < -0.3 is 14.8 Å². The predicted molar refractivity (Wildman–Crippen MR) is 99.5 cm³/mol. The molecular formula is C18H11ClN2O4S. The third-order valence-electron chi connectivity index (χ3n) is 3.65. The number of carbonyl (C=O) groups is 2. The van der Waals surface area contributed by atoms with Crippen molar-refractivity contribution in [1.29, 1.82) is 0 Å². The van der Waals surface area contributed by atoms with Crippen molar-refractivity contribution in [1.82, 2.24) is 5.32 Å². The summed E-state index contributed by atoms with van der Waals surface area (Å²) in [6.45, 7) is 0.186. The van der Waals surface area contributed by atoms with Gasteiger partial charge in [-0.1, -0.05) is 29.8 Å². The van der Waals surface area contributed by atoms with Crippen LogP contribution in [0.15, 0.2) is 52.4 Å². The largest absolute Gasteiger partial charge is 0.454 e. The minimum absolute atomic E-state index is 0.186. The van der Waals surface area contributed by atoms with E-state index in [2.05, 4.69) is 10.3 Å². The molecule has 0 radical (unpaired) electrons. The van der Waals surface area contributed by atoms with Crippen LogP contribution in [0.4, 0.5) is 0 Å². The lowest BCUT2D eigenvalue weighted by Gasteiger charge is -1.99. The standard InChI is InChI=1S/C18H11ClN2O4S/c19-12-4-2-1-3-11(12)16(22)20-18-21-17(23)15(26-18)8-10-5-6-13-14(7-10)25-9-24-13/h1-8H,9H2,(H,20,21,22,23). The molecule has 4 rings (SSSR count). The quantitative estimate of drug-likeness (QED) is 0.800. The number of benzene rings is 2. The summed E-state index contributed by atoms with van der Waals surface area (Å²) < 4.78 is 10.6. The van der Waals surface area contributed by atoms with Gasteiger partial charge in [0.2, 0.25) is 6.79 Å². The van der Waals surface area contributed by atoms with Gasteiger partial charge in [0.15, 0.2) is 16.7 Å². The number of carbonyl (C=O) groups excluding carboxylic acids is 2. The van der Waals surface area contributed by atoms with Gasteiger partial charge in [-0.2, -0.15) is 4.99 Å². The van der Waals surface area contributed by atoms with Crippen molar-refractivity contribution in [2.75, 3.05) is 6.79 Å². The molecule has 2 amide bonds. The Balaban J connectivity index is 1.55. The average molecular weight is 387 g/mol. The maximum absolute atomic E-state index is 12.2. The van der Waals surface area contributed by atoms with Crippen molar-refractivity contribution in [3.05, 3.63) is 63.5 Å². The number of ether oxygens (including phenoxy) is 2. The molecule has 2 aliphatic rings. The third kappa shape index (κ3) is 3.31. The number of amides is 2. The van der Waals surface area contributed by atoms with Gasteiger partial charge in [0.25, 0.3) is 11.8 Å². The Bertz CT molecular complexity index is 987. The molecule has 130 valence electrons. The van der Waals surface area contributed by atoms with Crippen molar-refractivity contribution in [2.24, 2.45) is 4.99 Å². The monoisotopic (exact) mass is 386 g/mol. The van der Waals surface area contributed by atoms with Gasteiger partial charge in [-0.05, 0) is 47.7 Å². The first kappa shape index (κ1) is 16.7. The van der Waals surface area contributed by atoms with Crippen molar-refractivity contribution in [2.45, 2.75) is 0 Å². The molecule has 2 aromatic carbocycles.